The van der Waals surface area contributed by atoms with Gasteiger partial charge in [-0.3, -0.25) is 0 Å². The maximum atomic E-state index is 11.1. The average molecular weight is 290 g/mol. The largest absolute Gasteiger partial charge is 0.447 e. The van der Waals surface area contributed by atoms with Crippen LogP contribution in [0.3, 0.4) is 0 Å². The van der Waals surface area contributed by atoms with Crippen LogP contribution in [0, 0.1) is 5.92 Å². The normalized spacial score (nSPS) is 10.8. The van der Waals surface area contributed by atoms with E-state index in [2.05, 4.69) is 24.5 Å². The molecule has 0 saturated carbocycles. The van der Waals surface area contributed by atoms with Crippen LogP contribution >= 0.6 is 0 Å². The van der Waals surface area contributed by atoms with Gasteiger partial charge in [-0.2, -0.15) is 0 Å². The van der Waals surface area contributed by atoms with Gasteiger partial charge in [0.2, 0.25) is 0 Å². The van der Waals surface area contributed by atoms with Gasteiger partial charge in [0.15, 0.2) is 0 Å². The van der Waals surface area contributed by atoms with Gasteiger partial charge in [-0.25, -0.2) is 4.79 Å². The predicted molar refractivity (Wildman–Crippen MR) is 79.0 cm³/mol. The number of ether oxygens (including phenoxy) is 3. The van der Waals surface area contributed by atoms with Gasteiger partial charge in [0.25, 0.3) is 0 Å². The first-order valence-electron chi connectivity index (χ1n) is 7.43. The molecule has 6 heteroatoms. The Morgan fingerprint density at radius 2 is 1.65 bits per heavy atom. The number of carbonyl (C=O) groups excluding carboxylic acids is 1. The highest BCUT2D eigenvalue weighted by atomic mass is 16.6. The van der Waals surface area contributed by atoms with Gasteiger partial charge in [-0.1, -0.05) is 20.8 Å². The van der Waals surface area contributed by atoms with E-state index < -0.39 is 0 Å². The van der Waals surface area contributed by atoms with Gasteiger partial charge in [0.05, 0.1) is 26.4 Å². The first kappa shape index (κ1) is 19.1. The number of alkyl carbamates (subject to hydrolysis) is 1. The second kappa shape index (κ2) is 14.6. The van der Waals surface area contributed by atoms with Crippen molar-refractivity contribution in [2.24, 2.45) is 5.92 Å². The molecule has 0 rings (SSSR count). The molecule has 20 heavy (non-hydrogen) atoms. The van der Waals surface area contributed by atoms with Crippen molar-refractivity contribution in [3.05, 3.63) is 0 Å². The molecule has 0 spiro atoms. The smallest absolute Gasteiger partial charge is 0.407 e. The molecule has 1 amide bonds. The molecule has 6 nitrogen and oxygen atoms in total. The van der Waals surface area contributed by atoms with Gasteiger partial charge in [-0.05, 0) is 18.9 Å². The lowest BCUT2D eigenvalue weighted by Crippen LogP contribution is -2.26. The van der Waals surface area contributed by atoms with E-state index in [9.17, 15) is 4.79 Å². The number of hydrogen-bond acceptors (Lipinski definition) is 5. The minimum Gasteiger partial charge on any atom is -0.447 e. The Hall–Kier alpha value is -0.850. The van der Waals surface area contributed by atoms with E-state index in [1.165, 1.54) is 0 Å². The molecule has 0 aromatic rings. The summed E-state index contributed by atoms with van der Waals surface area (Å²) in [5, 5.41) is 5.92. The Morgan fingerprint density at radius 1 is 1.00 bits per heavy atom. The summed E-state index contributed by atoms with van der Waals surface area (Å²) in [6, 6.07) is 0. The van der Waals surface area contributed by atoms with Gasteiger partial charge < -0.3 is 24.8 Å². The van der Waals surface area contributed by atoms with Crippen LogP contribution in [0.1, 0.15) is 27.2 Å². The van der Waals surface area contributed by atoms with Crippen molar-refractivity contribution in [2.75, 3.05) is 52.7 Å². The zero-order chi connectivity index (χ0) is 15.1. The fraction of sp³-hybridized carbons (Fsp3) is 0.929. The van der Waals surface area contributed by atoms with E-state index in [1.807, 2.05) is 6.92 Å². The Morgan fingerprint density at radius 3 is 2.30 bits per heavy atom. The van der Waals surface area contributed by atoms with E-state index in [4.69, 9.17) is 14.2 Å². The maximum Gasteiger partial charge on any atom is 0.407 e. The van der Waals surface area contributed by atoms with Gasteiger partial charge in [-0.15, -0.1) is 0 Å². The summed E-state index contributed by atoms with van der Waals surface area (Å²) < 4.78 is 15.6. The number of amides is 1. The summed E-state index contributed by atoms with van der Waals surface area (Å²) in [5.74, 6) is 0.660. The highest BCUT2D eigenvalue weighted by Gasteiger charge is 1.99. The standard InChI is InChI=1S/C14H30N2O4/c1-4-5-16-14(17)20-11-10-19-9-8-18-7-6-15-12-13(2)3/h13,15H,4-12H2,1-3H3,(H,16,17). The molecule has 0 aromatic carbocycles. The number of rotatable bonds is 13. The highest BCUT2D eigenvalue weighted by Crippen LogP contribution is 1.86. The van der Waals surface area contributed by atoms with Crippen molar-refractivity contribution < 1.29 is 19.0 Å². The molecular formula is C14H30N2O4. The van der Waals surface area contributed by atoms with Crippen molar-refractivity contribution in [3.8, 4) is 0 Å². The summed E-state index contributed by atoms with van der Waals surface area (Å²) in [4.78, 5) is 11.1. The van der Waals surface area contributed by atoms with Gasteiger partial charge in [0.1, 0.15) is 6.61 Å². The lowest BCUT2D eigenvalue weighted by atomic mass is 10.2. The van der Waals surface area contributed by atoms with E-state index in [1.54, 1.807) is 0 Å². The molecule has 0 bridgehead atoms. The second-order valence-corrected chi connectivity index (χ2v) is 4.89. The van der Waals surface area contributed by atoms with Crippen LogP contribution in [0.5, 0.6) is 0 Å². The predicted octanol–water partition coefficient (Wildman–Crippen LogP) is 1.40. The zero-order valence-corrected chi connectivity index (χ0v) is 13.1. The summed E-state index contributed by atoms with van der Waals surface area (Å²) in [6.45, 7) is 11.3. The fourth-order valence-corrected chi connectivity index (χ4v) is 1.33. The summed E-state index contributed by atoms with van der Waals surface area (Å²) in [7, 11) is 0. The van der Waals surface area contributed by atoms with Crippen LogP contribution in [0.15, 0.2) is 0 Å². The van der Waals surface area contributed by atoms with E-state index in [-0.39, 0.29) is 12.7 Å². The SMILES string of the molecule is CCCNC(=O)OCCOCCOCCNCC(C)C. The maximum absolute atomic E-state index is 11.1. The minimum absolute atomic E-state index is 0.269. The molecule has 0 atom stereocenters. The second-order valence-electron chi connectivity index (χ2n) is 4.89. The number of hydrogen-bond donors (Lipinski definition) is 2. The van der Waals surface area contributed by atoms with Crippen LogP contribution in [-0.4, -0.2) is 58.8 Å². The fourth-order valence-electron chi connectivity index (χ4n) is 1.33. The first-order chi connectivity index (χ1) is 9.66. The molecule has 0 unspecified atom stereocenters. The Bertz CT molecular complexity index is 225. The molecule has 0 aliphatic heterocycles. The van der Waals surface area contributed by atoms with Crippen molar-refractivity contribution in [3.63, 3.8) is 0 Å². The lowest BCUT2D eigenvalue weighted by Gasteiger charge is -2.09. The molecule has 0 saturated heterocycles. The monoisotopic (exact) mass is 290 g/mol. The van der Waals surface area contributed by atoms with Crippen LogP contribution in [0.25, 0.3) is 0 Å². The molecule has 0 aromatic heterocycles. The molecular weight excluding hydrogens is 260 g/mol. The molecule has 0 aliphatic rings. The molecule has 0 radical (unpaired) electrons. The molecule has 0 heterocycles. The third-order valence-electron chi connectivity index (χ3n) is 2.33. The lowest BCUT2D eigenvalue weighted by molar-refractivity contribution is 0.0288. The number of nitrogens with one attached hydrogen (secondary N) is 2. The van der Waals surface area contributed by atoms with Crippen LogP contribution in [-0.2, 0) is 14.2 Å². The Kier molecular flexibility index (Phi) is 13.9. The van der Waals surface area contributed by atoms with Gasteiger partial charge >= 0.3 is 6.09 Å². The van der Waals surface area contributed by atoms with Crippen LogP contribution < -0.4 is 10.6 Å². The van der Waals surface area contributed by atoms with Crippen molar-refractivity contribution in [2.45, 2.75) is 27.2 Å². The van der Waals surface area contributed by atoms with Crippen LogP contribution in [0.4, 0.5) is 4.79 Å². The minimum atomic E-state index is -0.386. The third kappa shape index (κ3) is 15.2. The van der Waals surface area contributed by atoms with E-state index in [0.717, 1.165) is 19.5 Å². The average Bonchev–Trinajstić information content (AvgIpc) is 2.42. The first-order valence-corrected chi connectivity index (χ1v) is 7.43. The zero-order valence-electron chi connectivity index (χ0n) is 13.1. The quantitative estimate of drug-likeness (QED) is 0.502. The molecule has 120 valence electrons. The van der Waals surface area contributed by atoms with Crippen molar-refractivity contribution in [1.29, 1.82) is 0 Å². The molecule has 0 aliphatic carbocycles. The number of carbonyl (C=O) groups is 1. The van der Waals surface area contributed by atoms with E-state index in [0.29, 0.717) is 38.9 Å². The van der Waals surface area contributed by atoms with Gasteiger partial charge in [0, 0.05) is 13.1 Å². The van der Waals surface area contributed by atoms with Crippen molar-refractivity contribution in [1.82, 2.24) is 10.6 Å². The van der Waals surface area contributed by atoms with Crippen LogP contribution in [0.2, 0.25) is 0 Å². The Balaban J connectivity index is 3.08. The summed E-state index contributed by atoms with van der Waals surface area (Å²) in [6.07, 6.45) is 0.512. The van der Waals surface area contributed by atoms with Crippen molar-refractivity contribution >= 4 is 6.09 Å². The highest BCUT2D eigenvalue weighted by molar-refractivity contribution is 5.66. The summed E-state index contributed by atoms with van der Waals surface area (Å²) >= 11 is 0. The third-order valence-corrected chi connectivity index (χ3v) is 2.33. The topological polar surface area (TPSA) is 68.8 Å². The molecule has 2 N–H and O–H groups in total. The van der Waals surface area contributed by atoms with E-state index >= 15 is 0 Å². The summed E-state index contributed by atoms with van der Waals surface area (Å²) in [5.41, 5.74) is 0. The Labute approximate surface area is 122 Å². The molecule has 0 fully saturated rings.